The molecule has 0 amide bonds. The van der Waals surface area contributed by atoms with E-state index in [2.05, 4.69) is 4.98 Å². The summed E-state index contributed by atoms with van der Waals surface area (Å²) in [5.74, 6) is -1.08. The molecule has 1 atom stereocenters. The van der Waals surface area contributed by atoms with Gasteiger partial charge in [0.25, 0.3) is 0 Å². The van der Waals surface area contributed by atoms with Crippen molar-refractivity contribution in [1.82, 2.24) is 9.29 Å². The van der Waals surface area contributed by atoms with Gasteiger partial charge >= 0.3 is 11.8 Å². The van der Waals surface area contributed by atoms with Gasteiger partial charge in [0, 0.05) is 24.2 Å². The minimum Gasteiger partial charge on any atom is -0.711 e. The lowest BCUT2D eigenvalue weighted by atomic mass is 10.00. The van der Waals surface area contributed by atoms with Crippen molar-refractivity contribution in [1.29, 1.82) is 0 Å². The first-order valence-electron chi connectivity index (χ1n) is 8.33. The molecule has 27 heavy (non-hydrogen) atoms. The van der Waals surface area contributed by atoms with Crippen LogP contribution in [0.4, 0.5) is 0 Å². The Morgan fingerprint density at radius 2 is 2.11 bits per heavy atom. The summed E-state index contributed by atoms with van der Waals surface area (Å²) >= 11 is 5.81. The molecule has 0 aliphatic carbocycles. The Balaban J connectivity index is 1.65. The van der Waals surface area contributed by atoms with Gasteiger partial charge in [-0.3, -0.25) is 4.79 Å². The standard InChI is InChI=1S/C17H18ClN3O5S/c18-14-4-6-15(7-5-14)27(24,25)20-9-1-3-13(11-20)17(22)26-12-16-19-8-2-10-21(16)23/h2,4-8,10,13H,1,3,9,11-12H2. The predicted octanol–water partition coefficient (Wildman–Crippen LogP) is 1.51. The van der Waals surface area contributed by atoms with Crippen LogP contribution in [0.15, 0.2) is 47.6 Å². The van der Waals surface area contributed by atoms with Crippen LogP contribution in [0.3, 0.4) is 0 Å². The number of carbonyl (C=O) groups excluding carboxylic acids is 1. The maximum absolute atomic E-state index is 12.8. The number of aromatic nitrogens is 2. The Kier molecular flexibility index (Phi) is 5.93. The van der Waals surface area contributed by atoms with Gasteiger partial charge in [0.1, 0.15) is 6.20 Å². The summed E-state index contributed by atoms with van der Waals surface area (Å²) in [6, 6.07) is 7.37. The summed E-state index contributed by atoms with van der Waals surface area (Å²) in [6.45, 7) is 0.0997. The first-order valence-corrected chi connectivity index (χ1v) is 10.1. The summed E-state index contributed by atoms with van der Waals surface area (Å²) in [4.78, 5) is 16.3. The molecule has 1 unspecified atom stereocenters. The number of nitrogens with zero attached hydrogens (tertiary/aromatic N) is 3. The average molecular weight is 412 g/mol. The molecule has 8 nitrogen and oxygen atoms in total. The molecule has 1 fully saturated rings. The van der Waals surface area contributed by atoms with E-state index in [4.69, 9.17) is 16.3 Å². The number of piperidine rings is 1. The molecule has 144 valence electrons. The van der Waals surface area contributed by atoms with Crippen molar-refractivity contribution in [3.63, 3.8) is 0 Å². The molecule has 1 aliphatic rings. The summed E-state index contributed by atoms with van der Waals surface area (Å²) in [7, 11) is -3.72. The second-order valence-electron chi connectivity index (χ2n) is 6.13. The molecular formula is C17H18ClN3O5S. The highest BCUT2D eigenvalue weighted by Gasteiger charge is 2.34. The normalized spacial score (nSPS) is 18.2. The van der Waals surface area contributed by atoms with Crippen molar-refractivity contribution in [2.75, 3.05) is 13.1 Å². The van der Waals surface area contributed by atoms with Crippen molar-refractivity contribution >= 4 is 27.6 Å². The quantitative estimate of drug-likeness (QED) is 0.419. The highest BCUT2D eigenvalue weighted by atomic mass is 35.5. The van der Waals surface area contributed by atoms with Crippen molar-refractivity contribution in [2.24, 2.45) is 5.92 Å². The fourth-order valence-corrected chi connectivity index (χ4v) is 4.50. The summed E-state index contributed by atoms with van der Waals surface area (Å²) in [6.07, 6.45) is 3.75. The van der Waals surface area contributed by atoms with E-state index in [-0.39, 0.29) is 23.9 Å². The molecule has 1 saturated heterocycles. The zero-order valence-electron chi connectivity index (χ0n) is 14.3. The molecular weight excluding hydrogens is 394 g/mol. The molecule has 2 heterocycles. The maximum atomic E-state index is 12.8. The zero-order chi connectivity index (χ0) is 19.4. The van der Waals surface area contributed by atoms with Gasteiger partial charge in [0.2, 0.25) is 10.0 Å². The Labute approximate surface area is 162 Å². The molecule has 0 spiro atoms. The van der Waals surface area contributed by atoms with Crippen LogP contribution in [0.1, 0.15) is 18.7 Å². The molecule has 0 bridgehead atoms. The summed E-state index contributed by atoms with van der Waals surface area (Å²) in [5, 5.41) is 12.0. The number of halogens is 1. The largest absolute Gasteiger partial charge is 0.711 e. The molecule has 1 aliphatic heterocycles. The second kappa shape index (κ2) is 8.20. The Bertz CT molecular complexity index is 920. The van der Waals surface area contributed by atoms with Crippen molar-refractivity contribution in [3.05, 3.63) is 58.8 Å². The monoisotopic (exact) mass is 411 g/mol. The van der Waals surface area contributed by atoms with Crippen LogP contribution in [0.5, 0.6) is 0 Å². The predicted molar refractivity (Wildman–Crippen MR) is 95.9 cm³/mol. The van der Waals surface area contributed by atoms with E-state index in [0.717, 1.165) is 0 Å². The average Bonchev–Trinajstić information content (AvgIpc) is 2.67. The van der Waals surface area contributed by atoms with Crippen LogP contribution in [0, 0.1) is 11.1 Å². The fourth-order valence-electron chi connectivity index (χ4n) is 2.85. The van der Waals surface area contributed by atoms with Gasteiger partial charge in [-0.2, -0.15) is 4.31 Å². The highest BCUT2D eigenvalue weighted by molar-refractivity contribution is 7.89. The third-order valence-corrected chi connectivity index (χ3v) is 6.43. The molecule has 10 heteroatoms. The fraction of sp³-hybridized carbons (Fsp3) is 0.353. The molecule has 0 saturated carbocycles. The van der Waals surface area contributed by atoms with Crippen molar-refractivity contribution in [3.8, 4) is 0 Å². The van der Waals surface area contributed by atoms with Gasteiger partial charge in [0.15, 0.2) is 6.61 Å². The number of benzene rings is 1. The van der Waals surface area contributed by atoms with E-state index in [0.29, 0.717) is 29.1 Å². The Morgan fingerprint density at radius 3 is 2.81 bits per heavy atom. The van der Waals surface area contributed by atoms with E-state index in [1.54, 1.807) is 0 Å². The zero-order valence-corrected chi connectivity index (χ0v) is 15.9. The SMILES string of the molecule is O=C(OCc1nccc[n+]1[O-])C1CCCN(S(=O)(=O)c2ccc(Cl)cc2)C1. The minimum atomic E-state index is -3.72. The van der Waals surface area contributed by atoms with Crippen LogP contribution >= 0.6 is 11.6 Å². The van der Waals surface area contributed by atoms with Gasteiger partial charge in [0.05, 0.1) is 17.0 Å². The summed E-state index contributed by atoms with van der Waals surface area (Å²) < 4.78 is 32.5. The Morgan fingerprint density at radius 1 is 1.37 bits per heavy atom. The number of rotatable bonds is 5. The third-order valence-electron chi connectivity index (χ3n) is 4.30. The molecule has 3 rings (SSSR count). The van der Waals surface area contributed by atoms with Crippen LogP contribution in [-0.2, 0) is 26.2 Å². The van der Waals surface area contributed by atoms with Gasteiger partial charge < -0.3 is 9.94 Å². The van der Waals surface area contributed by atoms with Gasteiger partial charge in [-0.1, -0.05) is 11.6 Å². The molecule has 1 aromatic carbocycles. The van der Waals surface area contributed by atoms with Crippen LogP contribution in [-0.4, -0.2) is 36.8 Å². The number of hydrogen-bond acceptors (Lipinski definition) is 6. The lowest BCUT2D eigenvalue weighted by molar-refractivity contribution is -0.620. The van der Waals surface area contributed by atoms with Crippen LogP contribution < -0.4 is 4.73 Å². The number of ether oxygens (including phenoxy) is 1. The smallest absolute Gasteiger partial charge is 0.339 e. The lowest BCUT2D eigenvalue weighted by Gasteiger charge is -2.30. The van der Waals surface area contributed by atoms with Crippen LogP contribution in [0.2, 0.25) is 5.02 Å². The van der Waals surface area contributed by atoms with E-state index in [9.17, 15) is 18.4 Å². The van der Waals surface area contributed by atoms with E-state index in [1.807, 2.05) is 0 Å². The maximum Gasteiger partial charge on any atom is 0.339 e. The summed E-state index contributed by atoms with van der Waals surface area (Å²) in [5.41, 5.74) is 0. The first-order chi connectivity index (χ1) is 12.9. The van der Waals surface area contributed by atoms with Crippen molar-refractivity contribution in [2.45, 2.75) is 24.3 Å². The van der Waals surface area contributed by atoms with E-state index in [1.165, 1.54) is 47.0 Å². The third kappa shape index (κ3) is 4.55. The molecule has 0 radical (unpaired) electrons. The number of hydrogen-bond donors (Lipinski definition) is 0. The lowest BCUT2D eigenvalue weighted by Crippen LogP contribution is -2.43. The van der Waals surface area contributed by atoms with Gasteiger partial charge in [-0.15, -0.1) is 0 Å². The van der Waals surface area contributed by atoms with E-state index >= 15 is 0 Å². The Hall–Kier alpha value is -2.23. The van der Waals surface area contributed by atoms with Crippen LogP contribution in [0.25, 0.3) is 0 Å². The van der Waals surface area contributed by atoms with Crippen molar-refractivity contribution < 1.29 is 22.7 Å². The molecule has 2 aromatic rings. The number of carbonyl (C=O) groups is 1. The molecule has 0 N–H and O–H groups in total. The second-order valence-corrected chi connectivity index (χ2v) is 8.50. The topological polar surface area (TPSA) is 104 Å². The number of sulfonamides is 1. The molecule has 1 aromatic heterocycles. The van der Waals surface area contributed by atoms with E-state index < -0.39 is 21.9 Å². The highest BCUT2D eigenvalue weighted by Crippen LogP contribution is 2.25. The number of esters is 1. The minimum absolute atomic E-state index is 0.0311. The van der Waals surface area contributed by atoms with Gasteiger partial charge in [-0.05, 0) is 42.1 Å². The van der Waals surface area contributed by atoms with Gasteiger partial charge in [-0.25, -0.2) is 13.1 Å². The first kappa shape index (κ1) is 19.5.